The van der Waals surface area contributed by atoms with E-state index in [1.165, 1.54) is 30.3 Å². The maximum absolute atomic E-state index is 12.7. The van der Waals surface area contributed by atoms with Crippen molar-refractivity contribution in [1.82, 2.24) is 5.32 Å². The van der Waals surface area contributed by atoms with Gasteiger partial charge in [0.05, 0.1) is 6.42 Å². The van der Waals surface area contributed by atoms with Crippen LogP contribution in [-0.4, -0.2) is 18.9 Å². The zero-order valence-electron chi connectivity index (χ0n) is 9.15. The van der Waals surface area contributed by atoms with Crippen LogP contribution in [0.2, 0.25) is 0 Å². The van der Waals surface area contributed by atoms with Gasteiger partial charge in [-0.3, -0.25) is 0 Å². The molecule has 18 heavy (non-hydrogen) atoms. The van der Waals surface area contributed by atoms with E-state index in [2.05, 4.69) is 0 Å². The van der Waals surface area contributed by atoms with Gasteiger partial charge in [0.2, 0.25) is 0 Å². The fourth-order valence-electron chi connectivity index (χ4n) is 1.43. The molecule has 0 bridgehead atoms. The Labute approximate surface area is 99.8 Å². The predicted molar refractivity (Wildman–Crippen MR) is 53.9 cm³/mol. The summed E-state index contributed by atoms with van der Waals surface area (Å²) < 4.78 is 73.7. The molecule has 1 atom stereocenters. The molecule has 0 aliphatic carbocycles. The topological polar surface area (TPSA) is 12.0 Å². The van der Waals surface area contributed by atoms with Gasteiger partial charge < -0.3 is 5.32 Å². The van der Waals surface area contributed by atoms with Crippen LogP contribution in [0.4, 0.5) is 26.3 Å². The lowest BCUT2D eigenvalue weighted by Gasteiger charge is -2.22. The highest BCUT2D eigenvalue weighted by Gasteiger charge is 2.40. The molecular weight excluding hydrogens is 260 g/mol. The summed E-state index contributed by atoms with van der Waals surface area (Å²) >= 11 is 0. The zero-order chi connectivity index (χ0) is 13.8. The smallest absolute Gasteiger partial charge is 0.302 e. The number of halogens is 6. The molecule has 0 saturated heterocycles. The Hall–Kier alpha value is -1.24. The molecule has 0 saturated carbocycles. The van der Waals surface area contributed by atoms with E-state index in [9.17, 15) is 26.3 Å². The Bertz CT molecular complexity index is 356. The van der Waals surface area contributed by atoms with E-state index in [-0.39, 0.29) is 5.56 Å². The average Bonchev–Trinajstić information content (AvgIpc) is 2.22. The number of rotatable bonds is 4. The normalized spacial score (nSPS) is 14.6. The maximum Gasteiger partial charge on any atom is 0.407 e. The summed E-state index contributed by atoms with van der Waals surface area (Å²) in [6.07, 6.45) is -10.4. The molecule has 1 nitrogen and oxygen atoms in total. The molecule has 1 rings (SSSR count). The van der Waals surface area contributed by atoms with Crippen LogP contribution < -0.4 is 5.32 Å². The molecule has 0 fully saturated rings. The van der Waals surface area contributed by atoms with Gasteiger partial charge in [0.1, 0.15) is 6.04 Å². The Morgan fingerprint density at radius 1 is 0.944 bits per heavy atom. The van der Waals surface area contributed by atoms with Crippen LogP contribution in [0.1, 0.15) is 18.0 Å². The van der Waals surface area contributed by atoms with Crippen molar-refractivity contribution in [1.29, 1.82) is 0 Å². The molecule has 0 heterocycles. The van der Waals surface area contributed by atoms with Gasteiger partial charge in [0, 0.05) is 6.54 Å². The van der Waals surface area contributed by atoms with Crippen molar-refractivity contribution in [3.05, 3.63) is 35.9 Å². The first-order valence-electron chi connectivity index (χ1n) is 5.12. The Balaban J connectivity index is 2.70. The summed E-state index contributed by atoms with van der Waals surface area (Å²) in [7, 11) is 0. The minimum absolute atomic E-state index is 0.104. The average molecular weight is 271 g/mol. The summed E-state index contributed by atoms with van der Waals surface area (Å²) in [5.74, 6) is 0. The molecule has 0 aliphatic rings. The van der Waals surface area contributed by atoms with Crippen molar-refractivity contribution in [3.8, 4) is 0 Å². The molecule has 7 heteroatoms. The molecule has 0 aromatic heterocycles. The molecule has 1 aromatic carbocycles. The lowest BCUT2D eigenvalue weighted by molar-refractivity contribution is -0.163. The molecule has 0 amide bonds. The molecule has 1 N–H and O–H groups in total. The fourth-order valence-corrected chi connectivity index (χ4v) is 1.43. The third-order valence-electron chi connectivity index (χ3n) is 2.22. The first kappa shape index (κ1) is 14.8. The maximum atomic E-state index is 12.7. The summed E-state index contributed by atoms with van der Waals surface area (Å²) in [5.41, 5.74) is -0.104. The van der Waals surface area contributed by atoms with Crippen LogP contribution in [0.5, 0.6) is 0 Å². The predicted octanol–water partition coefficient (Wildman–Crippen LogP) is 3.83. The number of hydrogen-bond acceptors (Lipinski definition) is 1. The number of nitrogens with one attached hydrogen (secondary N) is 1. The van der Waals surface area contributed by atoms with E-state index in [0.717, 1.165) is 0 Å². The third-order valence-corrected chi connectivity index (χ3v) is 2.22. The van der Waals surface area contributed by atoms with Crippen molar-refractivity contribution >= 4 is 0 Å². The van der Waals surface area contributed by atoms with Crippen LogP contribution in [0.3, 0.4) is 0 Å². The summed E-state index contributed by atoms with van der Waals surface area (Å²) in [5, 5.41) is 1.89. The van der Waals surface area contributed by atoms with Crippen molar-refractivity contribution < 1.29 is 26.3 Å². The third kappa shape index (κ3) is 4.95. The second-order valence-corrected chi connectivity index (χ2v) is 3.70. The quantitative estimate of drug-likeness (QED) is 0.820. The molecule has 1 unspecified atom stereocenters. The van der Waals surface area contributed by atoms with Gasteiger partial charge in [-0.15, -0.1) is 0 Å². The molecule has 0 spiro atoms. The Morgan fingerprint density at radius 2 is 1.50 bits per heavy atom. The second-order valence-electron chi connectivity index (χ2n) is 3.70. The van der Waals surface area contributed by atoms with Gasteiger partial charge in [0.15, 0.2) is 0 Å². The van der Waals surface area contributed by atoms with E-state index in [1.54, 1.807) is 0 Å². The first-order valence-corrected chi connectivity index (χ1v) is 5.12. The SMILES string of the molecule is FC(F)(F)CCNC(c1ccccc1)C(F)(F)F. The van der Waals surface area contributed by atoms with E-state index in [1.807, 2.05) is 5.32 Å². The van der Waals surface area contributed by atoms with Crippen molar-refractivity contribution in [2.45, 2.75) is 24.8 Å². The Kier molecular flexibility index (Phi) is 4.61. The van der Waals surface area contributed by atoms with Crippen LogP contribution in [0.25, 0.3) is 0 Å². The second kappa shape index (κ2) is 5.60. The standard InChI is InChI=1S/C11H11F6N/c12-10(13,14)6-7-18-9(11(15,16)17)8-4-2-1-3-5-8/h1-5,9,18H,6-7H2. The number of alkyl halides is 6. The van der Waals surface area contributed by atoms with Crippen LogP contribution in [0.15, 0.2) is 30.3 Å². The largest absolute Gasteiger partial charge is 0.407 e. The van der Waals surface area contributed by atoms with E-state index in [0.29, 0.717) is 0 Å². The molecule has 0 radical (unpaired) electrons. The minimum Gasteiger partial charge on any atom is -0.302 e. The van der Waals surface area contributed by atoms with Gasteiger partial charge in [-0.2, -0.15) is 26.3 Å². The zero-order valence-corrected chi connectivity index (χ0v) is 9.15. The Morgan fingerprint density at radius 3 is 1.94 bits per heavy atom. The fraction of sp³-hybridized carbons (Fsp3) is 0.455. The van der Waals surface area contributed by atoms with Gasteiger partial charge in [-0.25, -0.2) is 0 Å². The highest BCUT2D eigenvalue weighted by atomic mass is 19.4. The lowest BCUT2D eigenvalue weighted by Crippen LogP contribution is -2.36. The van der Waals surface area contributed by atoms with Crippen molar-refractivity contribution in [2.75, 3.05) is 6.54 Å². The number of benzene rings is 1. The minimum atomic E-state index is -4.63. The van der Waals surface area contributed by atoms with E-state index >= 15 is 0 Å². The van der Waals surface area contributed by atoms with Crippen LogP contribution >= 0.6 is 0 Å². The van der Waals surface area contributed by atoms with Crippen LogP contribution in [-0.2, 0) is 0 Å². The van der Waals surface area contributed by atoms with Gasteiger partial charge in [-0.05, 0) is 5.56 Å². The lowest BCUT2D eigenvalue weighted by atomic mass is 10.1. The molecule has 1 aromatic rings. The summed E-state index contributed by atoms with van der Waals surface area (Å²) in [4.78, 5) is 0. The summed E-state index contributed by atoms with van der Waals surface area (Å²) in [6.45, 7) is -0.775. The van der Waals surface area contributed by atoms with E-state index < -0.39 is 31.4 Å². The summed E-state index contributed by atoms with van der Waals surface area (Å²) in [6, 6.07) is 4.70. The molecular formula is C11H11F6N. The van der Waals surface area contributed by atoms with Crippen molar-refractivity contribution in [2.24, 2.45) is 0 Å². The molecule has 0 aliphatic heterocycles. The monoisotopic (exact) mass is 271 g/mol. The van der Waals surface area contributed by atoms with Crippen LogP contribution in [0, 0.1) is 0 Å². The highest BCUT2D eigenvalue weighted by Crippen LogP contribution is 2.32. The number of hydrogen-bond donors (Lipinski definition) is 1. The highest BCUT2D eigenvalue weighted by molar-refractivity contribution is 5.20. The van der Waals surface area contributed by atoms with Gasteiger partial charge in [-0.1, -0.05) is 30.3 Å². The van der Waals surface area contributed by atoms with Gasteiger partial charge >= 0.3 is 12.4 Å². The molecule has 102 valence electrons. The van der Waals surface area contributed by atoms with Gasteiger partial charge in [0.25, 0.3) is 0 Å². The van der Waals surface area contributed by atoms with Crippen molar-refractivity contribution in [3.63, 3.8) is 0 Å². The first-order chi connectivity index (χ1) is 8.20. The van der Waals surface area contributed by atoms with E-state index in [4.69, 9.17) is 0 Å².